The second-order valence-corrected chi connectivity index (χ2v) is 14.9. The minimum absolute atomic E-state index is 0. The molecule has 2 aliphatic heterocycles. The van der Waals surface area contributed by atoms with Crippen LogP contribution >= 0.6 is 0 Å². The van der Waals surface area contributed by atoms with Gasteiger partial charge in [0.25, 0.3) is 0 Å². The summed E-state index contributed by atoms with van der Waals surface area (Å²) in [6.07, 6.45) is 12.7. The molecular weight excluding hydrogens is 647 g/mol. The predicted molar refractivity (Wildman–Crippen MR) is 192 cm³/mol. The van der Waals surface area contributed by atoms with Crippen molar-refractivity contribution in [2.45, 2.75) is 85.5 Å². The Morgan fingerprint density at radius 1 is 1.00 bits per heavy atom. The molecule has 1 aromatic carbocycles. The molecule has 0 spiro atoms. The van der Waals surface area contributed by atoms with Crippen LogP contribution < -0.4 is 44.4 Å². The van der Waals surface area contributed by atoms with E-state index in [0.717, 1.165) is 59.8 Å². The van der Waals surface area contributed by atoms with Crippen LogP contribution in [0.25, 0.3) is 17.4 Å². The van der Waals surface area contributed by atoms with Crippen molar-refractivity contribution >= 4 is 28.0 Å². The number of carbonyl (C=O) groups excluding carboxylic acids is 2. The van der Waals surface area contributed by atoms with Crippen LogP contribution in [0.4, 0.5) is 5.69 Å². The van der Waals surface area contributed by atoms with Crippen molar-refractivity contribution in [3.05, 3.63) is 100 Å². The van der Waals surface area contributed by atoms with E-state index in [4.69, 9.17) is 14.0 Å². The van der Waals surface area contributed by atoms with E-state index in [1.54, 1.807) is 0 Å². The average molecular weight is 698 g/mol. The standard InChI is InChI=1S/C38H50N2O4S.CO2.Na/c1-9-22-38(8)33-25-28(4)18-21-34(33)40(23-15-24-45(41,42)43)36(38)17-14-12-13-16-30-27-32(37(5,6)7)31-20-19-29(26-35(31)44-30)39(10-2)11-3;2-1-3;/h12-14,16-21,25-27H,9-11,15,22-24H2,1-8H3;;/q;;+1. The van der Waals surface area contributed by atoms with Crippen LogP contribution in [0.15, 0.2) is 76.9 Å². The minimum Gasteiger partial charge on any atom is -0.748 e. The van der Waals surface area contributed by atoms with Gasteiger partial charge in [-0.25, -0.2) is 13.0 Å². The number of anilines is 1. The topological polar surface area (TPSA) is 111 Å². The van der Waals surface area contributed by atoms with Gasteiger partial charge in [-0.1, -0.05) is 70.0 Å². The summed E-state index contributed by atoms with van der Waals surface area (Å²) in [5, 5.41) is 1.16. The smallest absolute Gasteiger partial charge is 0.748 e. The Hall–Kier alpha value is -3.04. The number of hydrogen-bond donors (Lipinski definition) is 0. The molecule has 0 amide bonds. The second kappa shape index (κ2) is 18.3. The maximum atomic E-state index is 11.4. The number of fused-ring (bicyclic) bond motifs is 2. The van der Waals surface area contributed by atoms with Gasteiger partial charge in [-0.2, -0.15) is 9.59 Å². The summed E-state index contributed by atoms with van der Waals surface area (Å²) >= 11 is 0. The first-order valence-corrected chi connectivity index (χ1v) is 18.2. The molecule has 4 rings (SSSR count). The summed E-state index contributed by atoms with van der Waals surface area (Å²) in [7, 11) is -4.27. The predicted octanol–water partition coefficient (Wildman–Crippen LogP) is 4.19. The average Bonchev–Trinajstić information content (AvgIpc) is 3.22. The zero-order valence-electron chi connectivity index (χ0n) is 30.6. The van der Waals surface area contributed by atoms with Gasteiger partial charge in [-0.3, -0.25) is 0 Å². The number of allylic oxidation sites excluding steroid dienone is 5. The number of nitrogens with zero attached hydrogens (tertiary/aromatic N) is 2. The van der Waals surface area contributed by atoms with Crippen molar-refractivity contribution in [2.75, 3.05) is 30.3 Å². The van der Waals surface area contributed by atoms with Gasteiger partial charge in [-0.15, -0.1) is 0 Å². The molecule has 258 valence electrons. The normalized spacial score (nSPS) is 16.8. The fourth-order valence-electron chi connectivity index (χ4n) is 6.61. The summed E-state index contributed by atoms with van der Waals surface area (Å²) < 4.78 is 42.9. The van der Waals surface area contributed by atoms with E-state index in [9.17, 15) is 13.0 Å². The molecule has 1 aromatic rings. The third-order valence-electron chi connectivity index (χ3n) is 8.86. The van der Waals surface area contributed by atoms with E-state index in [2.05, 4.69) is 113 Å². The van der Waals surface area contributed by atoms with Gasteiger partial charge in [0.15, 0.2) is 0 Å². The first-order chi connectivity index (χ1) is 22.6. The molecule has 1 aliphatic carbocycles. The Balaban J connectivity index is 0.00000201. The maximum Gasteiger partial charge on any atom is 1.00 e. The molecule has 0 aromatic heterocycles. The van der Waals surface area contributed by atoms with Gasteiger partial charge in [0.05, 0.1) is 16.2 Å². The van der Waals surface area contributed by atoms with Crippen molar-refractivity contribution in [1.82, 2.24) is 4.58 Å². The van der Waals surface area contributed by atoms with Crippen LogP contribution in [-0.2, 0) is 30.5 Å². The van der Waals surface area contributed by atoms with Crippen LogP contribution in [0.2, 0.25) is 0 Å². The van der Waals surface area contributed by atoms with Crippen molar-refractivity contribution in [1.29, 1.82) is 0 Å². The summed E-state index contributed by atoms with van der Waals surface area (Å²) in [5.74, 6) is 1.30. The maximum absolute atomic E-state index is 11.4. The summed E-state index contributed by atoms with van der Waals surface area (Å²) in [5.41, 5.74) is 6.74. The van der Waals surface area contributed by atoms with Crippen molar-refractivity contribution in [3.63, 3.8) is 0 Å². The molecule has 3 aliphatic rings. The molecule has 0 saturated heterocycles. The van der Waals surface area contributed by atoms with Gasteiger partial charge < -0.3 is 13.9 Å². The Morgan fingerprint density at radius 3 is 2.27 bits per heavy atom. The van der Waals surface area contributed by atoms with Crippen molar-refractivity contribution in [3.8, 4) is 11.3 Å². The molecule has 49 heavy (non-hydrogen) atoms. The van der Waals surface area contributed by atoms with Gasteiger partial charge in [-0.05, 0) is 87.4 Å². The van der Waals surface area contributed by atoms with Crippen molar-refractivity contribution < 1.29 is 56.5 Å². The van der Waals surface area contributed by atoms with Gasteiger partial charge in [0.1, 0.15) is 24.6 Å². The molecular formula is C39H50N2NaO6S+. The molecule has 0 fully saturated rings. The second-order valence-electron chi connectivity index (χ2n) is 13.4. The van der Waals surface area contributed by atoms with Crippen LogP contribution in [0.3, 0.4) is 0 Å². The van der Waals surface area contributed by atoms with E-state index < -0.39 is 10.1 Å². The van der Waals surface area contributed by atoms with Crippen molar-refractivity contribution in [2.24, 2.45) is 0 Å². The molecule has 2 heterocycles. The Bertz CT molecular complexity index is 1850. The fraction of sp³-hybridized carbons (Fsp3) is 0.436. The largest absolute Gasteiger partial charge is 1.00 e. The van der Waals surface area contributed by atoms with E-state index in [1.165, 1.54) is 16.7 Å². The van der Waals surface area contributed by atoms with Crippen LogP contribution in [-0.4, -0.2) is 44.5 Å². The number of benzene rings is 2. The number of rotatable bonds is 11. The van der Waals surface area contributed by atoms with Gasteiger partial charge in [0.2, 0.25) is 5.36 Å². The molecule has 1 unspecified atom stereocenters. The van der Waals surface area contributed by atoms with Gasteiger partial charge in [0, 0.05) is 40.7 Å². The zero-order chi connectivity index (χ0) is 35.7. The van der Waals surface area contributed by atoms with Crippen LogP contribution in [0, 0.1) is 6.92 Å². The summed E-state index contributed by atoms with van der Waals surface area (Å²) in [6, 6.07) is 15.1. The van der Waals surface area contributed by atoms with E-state index in [1.807, 2.05) is 24.3 Å². The van der Waals surface area contributed by atoms with E-state index >= 15 is 0 Å². The van der Waals surface area contributed by atoms with E-state index in [0.29, 0.717) is 6.54 Å². The van der Waals surface area contributed by atoms with Crippen LogP contribution in [0.1, 0.15) is 90.2 Å². The SMILES string of the molecule is CCCC1(C)/C(=C/C=C/C=C/c2cc(C(C)(C)C)c3ccc(=[N+](CC)CC)cc-3o2)N(CCCS(=O)(=O)[O-])c2ccc(C)cc21.O=C=O.[Na+]. The molecule has 10 heteroatoms. The molecule has 0 N–H and O–H groups in total. The molecule has 1 atom stereocenters. The zero-order valence-corrected chi connectivity index (χ0v) is 33.4. The monoisotopic (exact) mass is 697 g/mol. The quantitative estimate of drug-likeness (QED) is 0.128. The molecule has 0 bridgehead atoms. The third kappa shape index (κ3) is 10.7. The third-order valence-corrected chi connectivity index (χ3v) is 9.65. The number of aryl methyl sites for hydroxylation is 1. The summed E-state index contributed by atoms with van der Waals surface area (Å²) in [6.45, 7) is 19.9. The molecule has 0 radical (unpaired) electrons. The first kappa shape index (κ1) is 42.1. The first-order valence-electron chi connectivity index (χ1n) is 16.7. The molecule has 0 saturated carbocycles. The Labute approximate surface area is 314 Å². The summed E-state index contributed by atoms with van der Waals surface area (Å²) in [4.78, 5) is 18.4. The van der Waals surface area contributed by atoms with Crippen LogP contribution in [0.5, 0.6) is 0 Å². The number of hydrogen-bond acceptors (Lipinski definition) is 7. The minimum atomic E-state index is -4.27. The Kier molecular flexibility index (Phi) is 15.7. The molecule has 8 nitrogen and oxygen atoms in total. The fourth-order valence-corrected chi connectivity index (χ4v) is 7.10. The van der Waals surface area contributed by atoms with Gasteiger partial charge >= 0.3 is 35.7 Å². The van der Waals surface area contributed by atoms with E-state index in [-0.39, 0.29) is 58.7 Å². The Morgan fingerprint density at radius 2 is 1.67 bits per heavy atom.